The number of rotatable bonds is 66. The molecule has 522 valence electrons. The van der Waals surface area contributed by atoms with Crippen LogP contribution in [-0.4, -0.2) is 96.7 Å². The minimum absolute atomic E-state index is 0.102. The van der Waals surface area contributed by atoms with E-state index in [2.05, 4.69) is 55.4 Å². The average molecular weight is 1300 g/mol. The molecule has 0 saturated heterocycles. The Morgan fingerprint density at radius 1 is 0.318 bits per heavy atom. The third-order valence-corrected chi connectivity index (χ3v) is 18.4. The van der Waals surface area contributed by atoms with Crippen LogP contribution < -0.4 is 0 Å². The molecule has 3 N–H and O–H groups in total. The summed E-state index contributed by atoms with van der Waals surface area (Å²) in [6.07, 6.45) is 40.3. The molecule has 0 saturated carbocycles. The van der Waals surface area contributed by atoms with Crippen LogP contribution in [0.15, 0.2) is 0 Å². The first-order valence-corrected chi connectivity index (χ1v) is 38.8. The van der Waals surface area contributed by atoms with Gasteiger partial charge in [0.25, 0.3) is 0 Å². The number of phosphoric acid groups is 2. The minimum Gasteiger partial charge on any atom is -0.462 e. The van der Waals surface area contributed by atoms with Gasteiger partial charge in [-0.05, 0) is 49.4 Å². The number of hydrogen-bond donors (Lipinski definition) is 3. The van der Waals surface area contributed by atoms with Crippen molar-refractivity contribution in [3.8, 4) is 0 Å². The maximum Gasteiger partial charge on any atom is 0.472 e. The molecule has 0 aliphatic heterocycles. The van der Waals surface area contributed by atoms with Gasteiger partial charge in [-0.25, -0.2) is 9.13 Å². The molecular weight excluding hydrogens is 1160 g/mol. The highest BCUT2D eigenvalue weighted by Gasteiger charge is 2.30. The van der Waals surface area contributed by atoms with Gasteiger partial charge in [0.1, 0.15) is 19.3 Å². The molecule has 88 heavy (non-hydrogen) atoms. The number of carbonyl (C=O) groups excluding carboxylic acids is 4. The summed E-state index contributed by atoms with van der Waals surface area (Å²) in [5.41, 5.74) is 0. The van der Waals surface area contributed by atoms with Crippen molar-refractivity contribution in [3.05, 3.63) is 0 Å². The highest BCUT2D eigenvalue weighted by Crippen LogP contribution is 2.45. The number of aliphatic hydroxyl groups excluding tert-OH is 1. The van der Waals surface area contributed by atoms with Gasteiger partial charge in [-0.3, -0.25) is 37.3 Å². The summed E-state index contributed by atoms with van der Waals surface area (Å²) in [6, 6.07) is 0. The van der Waals surface area contributed by atoms with E-state index in [1.165, 1.54) is 135 Å². The lowest BCUT2D eigenvalue weighted by molar-refractivity contribution is -0.161. The number of carbonyl (C=O) groups is 4. The van der Waals surface area contributed by atoms with Crippen molar-refractivity contribution in [1.29, 1.82) is 0 Å². The highest BCUT2D eigenvalue weighted by atomic mass is 31.2. The van der Waals surface area contributed by atoms with Gasteiger partial charge in [0, 0.05) is 25.7 Å². The van der Waals surface area contributed by atoms with Crippen LogP contribution in [0.3, 0.4) is 0 Å². The van der Waals surface area contributed by atoms with E-state index in [9.17, 15) is 43.2 Å². The Bertz CT molecular complexity index is 1750. The summed E-state index contributed by atoms with van der Waals surface area (Å²) in [5.74, 6) is 0.852. The fourth-order valence-corrected chi connectivity index (χ4v) is 11.8. The summed E-state index contributed by atoms with van der Waals surface area (Å²) in [5, 5.41) is 10.6. The molecule has 7 atom stereocenters. The predicted octanol–water partition coefficient (Wildman–Crippen LogP) is 19.3. The largest absolute Gasteiger partial charge is 0.472 e. The van der Waals surface area contributed by atoms with Crippen LogP contribution in [-0.2, 0) is 65.4 Å². The van der Waals surface area contributed by atoms with Crippen LogP contribution >= 0.6 is 15.6 Å². The zero-order chi connectivity index (χ0) is 65.4. The molecule has 0 aromatic rings. The second kappa shape index (κ2) is 58.8. The van der Waals surface area contributed by atoms with Gasteiger partial charge in [0.2, 0.25) is 0 Å². The van der Waals surface area contributed by atoms with Crippen molar-refractivity contribution in [3.63, 3.8) is 0 Å². The van der Waals surface area contributed by atoms with Crippen molar-refractivity contribution in [2.24, 2.45) is 23.7 Å². The Morgan fingerprint density at radius 2 is 0.545 bits per heavy atom. The first-order chi connectivity index (χ1) is 42.2. The number of ether oxygens (including phenoxy) is 4. The molecule has 0 aliphatic carbocycles. The fraction of sp³-hybridized carbons (Fsp3) is 0.942. The van der Waals surface area contributed by atoms with E-state index in [4.69, 9.17) is 37.0 Å². The number of esters is 4. The first-order valence-electron chi connectivity index (χ1n) is 35.8. The zero-order valence-corrected chi connectivity index (χ0v) is 59.1. The third kappa shape index (κ3) is 60.3. The van der Waals surface area contributed by atoms with Crippen molar-refractivity contribution in [2.75, 3.05) is 39.6 Å². The van der Waals surface area contributed by atoms with E-state index >= 15 is 0 Å². The van der Waals surface area contributed by atoms with E-state index in [0.29, 0.717) is 25.7 Å². The summed E-state index contributed by atoms with van der Waals surface area (Å²) in [6.45, 7) is 14.1. The van der Waals surface area contributed by atoms with E-state index in [1.807, 2.05) is 0 Å². The summed E-state index contributed by atoms with van der Waals surface area (Å²) in [7, 11) is -9.90. The van der Waals surface area contributed by atoms with Crippen molar-refractivity contribution >= 4 is 39.5 Å². The molecule has 19 heteroatoms. The second-order valence-corrected chi connectivity index (χ2v) is 29.3. The minimum atomic E-state index is -4.95. The molecule has 0 amide bonds. The number of unbranched alkanes of at least 4 members (excludes halogenated alkanes) is 30. The predicted molar refractivity (Wildman–Crippen MR) is 354 cm³/mol. The van der Waals surface area contributed by atoms with Crippen LogP contribution in [0.2, 0.25) is 0 Å². The third-order valence-electron chi connectivity index (χ3n) is 16.5. The lowest BCUT2D eigenvalue weighted by atomic mass is 10.00. The summed E-state index contributed by atoms with van der Waals surface area (Å²) in [4.78, 5) is 72.5. The van der Waals surface area contributed by atoms with Crippen LogP contribution in [0.1, 0.15) is 338 Å². The SMILES string of the molecule is CCC(C)CCCCCCCCC(=O)OC[C@H](COP(=O)(O)OC[C@H](O)COP(=O)(O)OC[C@@H](COC(=O)CCCCCCCCCCCCC(C)C)OC(=O)CCCCCCCCC(C)CC)OC(=O)CCCCCCCCCCCCCCC(C)C. The van der Waals surface area contributed by atoms with E-state index < -0.39 is 97.5 Å². The topological polar surface area (TPSA) is 237 Å². The zero-order valence-electron chi connectivity index (χ0n) is 57.3. The van der Waals surface area contributed by atoms with Crippen LogP contribution in [0.25, 0.3) is 0 Å². The Balaban J connectivity index is 5.25. The molecule has 0 heterocycles. The average Bonchev–Trinajstić information content (AvgIpc) is 3.51. The van der Waals surface area contributed by atoms with Gasteiger partial charge in [-0.2, -0.15) is 0 Å². The van der Waals surface area contributed by atoms with E-state index in [-0.39, 0.29) is 25.7 Å². The number of aliphatic hydroxyl groups is 1. The molecule has 0 spiro atoms. The summed E-state index contributed by atoms with van der Waals surface area (Å²) < 4.78 is 68.2. The molecule has 4 unspecified atom stereocenters. The quantitative estimate of drug-likeness (QED) is 0.0222. The van der Waals surface area contributed by atoms with Crippen LogP contribution in [0.5, 0.6) is 0 Å². The van der Waals surface area contributed by atoms with Crippen LogP contribution in [0.4, 0.5) is 0 Å². The standard InChI is InChI=1S/C69H134O17P2/c1-9-61(7)47-39-31-25-27-34-42-50-67(72)80-56-64(85-68(73)51-43-35-24-20-14-12-11-13-17-21-29-37-45-59(3)4)57-83-87(75,76)81-53-63(70)54-82-88(77,78)84-58-65(86-69(74)52-44-36-28-26-32-40-48-62(8)10-2)55-79-66(71)49-41-33-23-19-16-15-18-22-30-38-46-60(5)6/h59-65,70H,9-58H2,1-8H3,(H,75,76)(H,77,78)/t61?,62?,63-,64+,65+/m0/s1. The lowest BCUT2D eigenvalue weighted by Crippen LogP contribution is -2.30. The molecule has 0 rings (SSSR count). The molecule has 0 bridgehead atoms. The van der Waals surface area contributed by atoms with Gasteiger partial charge in [-0.15, -0.1) is 0 Å². The molecule has 0 aliphatic rings. The second-order valence-electron chi connectivity index (χ2n) is 26.4. The van der Waals surface area contributed by atoms with Gasteiger partial charge >= 0.3 is 39.5 Å². The number of phosphoric ester groups is 2. The van der Waals surface area contributed by atoms with E-state index in [1.54, 1.807) is 0 Å². The maximum absolute atomic E-state index is 13.0. The normalized spacial score (nSPS) is 14.9. The van der Waals surface area contributed by atoms with Gasteiger partial charge < -0.3 is 33.8 Å². The molecule has 0 aromatic carbocycles. The Kier molecular flexibility index (Phi) is 57.6. The monoisotopic (exact) mass is 1300 g/mol. The number of hydrogen-bond acceptors (Lipinski definition) is 15. The van der Waals surface area contributed by atoms with Crippen molar-refractivity contribution in [1.82, 2.24) is 0 Å². The molecule has 0 radical (unpaired) electrons. The highest BCUT2D eigenvalue weighted by molar-refractivity contribution is 7.47. The van der Waals surface area contributed by atoms with Crippen molar-refractivity contribution < 1.29 is 80.2 Å². The summed E-state index contributed by atoms with van der Waals surface area (Å²) >= 11 is 0. The van der Waals surface area contributed by atoms with Gasteiger partial charge in [-0.1, -0.05) is 287 Å². The Labute approximate surface area is 537 Å². The Morgan fingerprint density at radius 3 is 0.807 bits per heavy atom. The maximum atomic E-state index is 13.0. The molecule has 0 aromatic heterocycles. The van der Waals surface area contributed by atoms with E-state index in [0.717, 1.165) is 120 Å². The Hall–Kier alpha value is -1.94. The van der Waals surface area contributed by atoms with Crippen molar-refractivity contribution in [2.45, 2.75) is 356 Å². The van der Waals surface area contributed by atoms with Crippen LogP contribution in [0, 0.1) is 23.7 Å². The molecular formula is C69H134O17P2. The molecule has 0 fully saturated rings. The molecule has 17 nitrogen and oxygen atoms in total. The fourth-order valence-electron chi connectivity index (χ4n) is 10.2. The smallest absolute Gasteiger partial charge is 0.462 e. The van der Waals surface area contributed by atoms with Gasteiger partial charge in [0.05, 0.1) is 26.4 Å². The lowest BCUT2D eigenvalue weighted by Gasteiger charge is -2.21. The first kappa shape index (κ1) is 86.1. The van der Waals surface area contributed by atoms with Gasteiger partial charge in [0.15, 0.2) is 12.2 Å².